The van der Waals surface area contributed by atoms with E-state index in [-0.39, 0.29) is 5.75 Å². The molecule has 0 aliphatic carbocycles. The second kappa shape index (κ2) is 3.27. The van der Waals surface area contributed by atoms with Crippen LogP contribution in [0.2, 0.25) is 0 Å². The lowest BCUT2D eigenvalue weighted by Gasteiger charge is -2.03. The summed E-state index contributed by atoms with van der Waals surface area (Å²) >= 11 is 0. The van der Waals surface area contributed by atoms with E-state index in [0.717, 1.165) is 6.07 Å². The number of hydrogen-bond acceptors (Lipinski definition) is 3. The molecule has 0 fully saturated rings. The predicted octanol–water partition coefficient (Wildman–Crippen LogP) is 1.51. The highest BCUT2D eigenvalue weighted by molar-refractivity contribution is 5.77. The van der Waals surface area contributed by atoms with Gasteiger partial charge in [0, 0.05) is 24.2 Å². The zero-order chi connectivity index (χ0) is 11.0. The Hall–Kier alpha value is -2.04. The molecular formula is C10H10FN3O. The van der Waals surface area contributed by atoms with Crippen LogP contribution >= 0.6 is 0 Å². The van der Waals surface area contributed by atoms with Crippen molar-refractivity contribution in [2.45, 2.75) is 0 Å². The van der Waals surface area contributed by atoms with Gasteiger partial charge < -0.3 is 10.8 Å². The third-order valence-corrected chi connectivity index (χ3v) is 2.23. The summed E-state index contributed by atoms with van der Waals surface area (Å²) in [5.74, 6) is -0.203. The summed E-state index contributed by atoms with van der Waals surface area (Å²) in [6.45, 7) is 0. The first-order valence-corrected chi connectivity index (χ1v) is 4.36. The molecule has 0 saturated heterocycles. The lowest BCUT2D eigenvalue weighted by atomic mass is 10.1. The van der Waals surface area contributed by atoms with Crippen molar-refractivity contribution < 1.29 is 9.50 Å². The van der Waals surface area contributed by atoms with Crippen molar-refractivity contribution in [3.63, 3.8) is 0 Å². The van der Waals surface area contributed by atoms with Crippen LogP contribution < -0.4 is 5.73 Å². The Morgan fingerprint density at radius 1 is 1.40 bits per heavy atom. The molecule has 0 unspecified atom stereocenters. The van der Waals surface area contributed by atoms with Gasteiger partial charge in [0.15, 0.2) is 0 Å². The lowest BCUT2D eigenvalue weighted by molar-refractivity contribution is 0.471. The first kappa shape index (κ1) is 9.51. The summed E-state index contributed by atoms with van der Waals surface area (Å²) in [4.78, 5) is 0. The topological polar surface area (TPSA) is 64.1 Å². The summed E-state index contributed by atoms with van der Waals surface area (Å²) in [5, 5.41) is 13.5. The van der Waals surface area contributed by atoms with Gasteiger partial charge >= 0.3 is 0 Å². The minimum Gasteiger partial charge on any atom is -0.507 e. The molecule has 15 heavy (non-hydrogen) atoms. The maximum atomic E-state index is 12.8. The fourth-order valence-electron chi connectivity index (χ4n) is 1.39. The molecule has 0 atom stereocenters. The number of nitrogens with two attached hydrogens (primary N) is 1. The van der Waals surface area contributed by atoms with E-state index in [1.165, 1.54) is 23.0 Å². The highest BCUT2D eigenvalue weighted by atomic mass is 19.1. The summed E-state index contributed by atoms with van der Waals surface area (Å²) in [5.41, 5.74) is 6.80. The average molecular weight is 207 g/mol. The second-order valence-corrected chi connectivity index (χ2v) is 3.23. The second-order valence-electron chi connectivity index (χ2n) is 3.23. The summed E-state index contributed by atoms with van der Waals surface area (Å²) < 4.78 is 14.2. The number of halogens is 1. The Morgan fingerprint density at radius 2 is 2.13 bits per heavy atom. The molecule has 0 amide bonds. The number of phenols is 1. The molecule has 0 spiro atoms. The lowest BCUT2D eigenvalue weighted by Crippen LogP contribution is -1.98. The number of aryl methyl sites for hydroxylation is 1. The quantitative estimate of drug-likeness (QED) is 0.745. The Labute approximate surface area is 85.8 Å². The van der Waals surface area contributed by atoms with E-state index in [9.17, 15) is 9.50 Å². The number of anilines is 1. The van der Waals surface area contributed by atoms with Crippen molar-refractivity contribution in [3.8, 4) is 16.9 Å². The van der Waals surface area contributed by atoms with E-state index in [1.54, 1.807) is 7.05 Å². The van der Waals surface area contributed by atoms with Crippen molar-refractivity contribution in [1.82, 2.24) is 9.78 Å². The normalized spacial score (nSPS) is 10.5. The van der Waals surface area contributed by atoms with Gasteiger partial charge in [-0.15, -0.1) is 0 Å². The maximum Gasteiger partial charge on any atom is 0.129 e. The Balaban J connectivity index is 2.59. The van der Waals surface area contributed by atoms with Gasteiger partial charge in [0.1, 0.15) is 17.4 Å². The smallest absolute Gasteiger partial charge is 0.129 e. The number of aromatic nitrogens is 2. The van der Waals surface area contributed by atoms with Crippen LogP contribution in [0.25, 0.3) is 11.1 Å². The molecule has 5 heteroatoms. The van der Waals surface area contributed by atoms with Gasteiger partial charge in [-0.2, -0.15) is 5.10 Å². The fraction of sp³-hybridized carbons (Fsp3) is 0.100. The Kier molecular flexibility index (Phi) is 2.07. The zero-order valence-electron chi connectivity index (χ0n) is 8.11. The molecule has 3 N–H and O–H groups in total. The molecule has 0 aliphatic heterocycles. The number of benzene rings is 1. The van der Waals surface area contributed by atoms with E-state index in [1.807, 2.05) is 0 Å². The third kappa shape index (κ3) is 1.52. The minimum atomic E-state index is -0.487. The van der Waals surface area contributed by atoms with Crippen molar-refractivity contribution in [1.29, 1.82) is 0 Å². The SMILES string of the molecule is Cn1ncc(-c2ccc(F)cc2O)c1N. The molecule has 0 bridgehead atoms. The molecule has 4 nitrogen and oxygen atoms in total. The van der Waals surface area contributed by atoms with E-state index in [4.69, 9.17) is 5.73 Å². The number of phenolic OH excluding ortho intramolecular Hbond substituents is 1. The monoisotopic (exact) mass is 207 g/mol. The molecule has 0 aliphatic rings. The van der Waals surface area contributed by atoms with Gasteiger partial charge in [-0.3, -0.25) is 4.68 Å². The summed E-state index contributed by atoms with van der Waals surface area (Å²) in [6, 6.07) is 3.78. The standard InChI is InChI=1S/C10H10FN3O/c1-14-10(12)8(5-13-14)7-3-2-6(11)4-9(7)15/h2-5,15H,12H2,1H3. The van der Waals surface area contributed by atoms with Crippen LogP contribution in [0.4, 0.5) is 10.2 Å². The van der Waals surface area contributed by atoms with Crippen LogP contribution in [0.1, 0.15) is 0 Å². The maximum absolute atomic E-state index is 12.8. The van der Waals surface area contributed by atoms with Gasteiger partial charge in [-0.05, 0) is 12.1 Å². The van der Waals surface area contributed by atoms with Gasteiger partial charge in [-0.25, -0.2) is 4.39 Å². The number of nitrogens with zero attached hydrogens (tertiary/aromatic N) is 2. The van der Waals surface area contributed by atoms with Crippen LogP contribution in [0.15, 0.2) is 24.4 Å². The Morgan fingerprint density at radius 3 is 2.67 bits per heavy atom. The number of rotatable bonds is 1. The number of aromatic hydroxyl groups is 1. The first-order valence-electron chi connectivity index (χ1n) is 4.36. The number of hydrogen-bond donors (Lipinski definition) is 2. The van der Waals surface area contributed by atoms with Crippen molar-refractivity contribution in [2.24, 2.45) is 7.05 Å². The van der Waals surface area contributed by atoms with E-state index in [0.29, 0.717) is 16.9 Å². The third-order valence-electron chi connectivity index (χ3n) is 2.23. The van der Waals surface area contributed by atoms with Crippen LogP contribution in [-0.4, -0.2) is 14.9 Å². The fourth-order valence-corrected chi connectivity index (χ4v) is 1.39. The molecule has 0 radical (unpaired) electrons. The Bertz CT molecular complexity index is 507. The molecule has 1 aromatic carbocycles. The first-order chi connectivity index (χ1) is 7.09. The van der Waals surface area contributed by atoms with Crippen LogP contribution in [-0.2, 0) is 7.05 Å². The predicted molar refractivity (Wildman–Crippen MR) is 54.7 cm³/mol. The van der Waals surface area contributed by atoms with E-state index >= 15 is 0 Å². The van der Waals surface area contributed by atoms with Gasteiger partial charge in [0.25, 0.3) is 0 Å². The molecule has 2 rings (SSSR count). The summed E-state index contributed by atoms with van der Waals surface area (Å²) in [6.07, 6.45) is 1.53. The molecule has 1 heterocycles. The van der Waals surface area contributed by atoms with E-state index in [2.05, 4.69) is 5.10 Å². The summed E-state index contributed by atoms with van der Waals surface area (Å²) in [7, 11) is 1.69. The highest BCUT2D eigenvalue weighted by Gasteiger charge is 2.11. The van der Waals surface area contributed by atoms with Crippen LogP contribution in [0.5, 0.6) is 5.75 Å². The largest absolute Gasteiger partial charge is 0.507 e. The van der Waals surface area contributed by atoms with Crippen LogP contribution in [0, 0.1) is 5.82 Å². The molecule has 0 saturated carbocycles. The molecule has 1 aromatic heterocycles. The molecule has 2 aromatic rings. The van der Waals surface area contributed by atoms with Crippen molar-refractivity contribution >= 4 is 5.82 Å². The average Bonchev–Trinajstić information content (AvgIpc) is 2.49. The minimum absolute atomic E-state index is 0.144. The van der Waals surface area contributed by atoms with Gasteiger partial charge in [0.2, 0.25) is 0 Å². The van der Waals surface area contributed by atoms with Gasteiger partial charge in [0.05, 0.1) is 6.20 Å². The number of nitrogen functional groups attached to an aromatic ring is 1. The van der Waals surface area contributed by atoms with E-state index < -0.39 is 5.82 Å². The zero-order valence-corrected chi connectivity index (χ0v) is 8.11. The molecular weight excluding hydrogens is 197 g/mol. The van der Waals surface area contributed by atoms with Crippen LogP contribution in [0.3, 0.4) is 0 Å². The highest BCUT2D eigenvalue weighted by Crippen LogP contribution is 2.32. The van der Waals surface area contributed by atoms with Crippen molar-refractivity contribution in [2.75, 3.05) is 5.73 Å². The van der Waals surface area contributed by atoms with Gasteiger partial charge in [-0.1, -0.05) is 0 Å². The van der Waals surface area contributed by atoms with Crippen molar-refractivity contribution in [3.05, 3.63) is 30.2 Å². The molecule has 78 valence electrons.